The number of nitrogens with one attached hydrogen (secondary N) is 4. The van der Waals surface area contributed by atoms with E-state index in [1.807, 2.05) is 69.2 Å². The topological polar surface area (TPSA) is 140 Å². The molecule has 0 saturated carbocycles. The molecular formula is C34H66N6O5. The Morgan fingerprint density at radius 1 is 0.533 bits per heavy atom. The first-order valence-electron chi connectivity index (χ1n) is 16.9. The van der Waals surface area contributed by atoms with Gasteiger partial charge in [0, 0.05) is 20.6 Å². The van der Waals surface area contributed by atoms with Crippen molar-refractivity contribution in [3.8, 4) is 0 Å². The number of carbonyl (C=O) groups excluding carboxylic acids is 5. The van der Waals surface area contributed by atoms with E-state index in [2.05, 4.69) is 28.2 Å². The van der Waals surface area contributed by atoms with Crippen LogP contribution < -0.4 is 21.3 Å². The van der Waals surface area contributed by atoms with Crippen molar-refractivity contribution in [2.45, 2.75) is 132 Å². The van der Waals surface area contributed by atoms with Crippen molar-refractivity contribution in [2.24, 2.45) is 29.6 Å². The first-order chi connectivity index (χ1) is 20.8. The maximum atomic E-state index is 13.8. The normalized spacial score (nSPS) is 15.1. The average molecular weight is 639 g/mol. The van der Waals surface area contributed by atoms with Crippen LogP contribution in [0.5, 0.6) is 0 Å². The maximum Gasteiger partial charge on any atom is 0.245 e. The van der Waals surface area contributed by atoms with Crippen molar-refractivity contribution in [3.05, 3.63) is 0 Å². The first-order valence-corrected chi connectivity index (χ1v) is 16.9. The van der Waals surface area contributed by atoms with Crippen LogP contribution in [0.3, 0.4) is 0 Å². The van der Waals surface area contributed by atoms with Crippen molar-refractivity contribution in [1.82, 2.24) is 31.1 Å². The quantitative estimate of drug-likeness (QED) is 0.151. The molecule has 0 fully saturated rings. The van der Waals surface area contributed by atoms with Crippen LogP contribution in [0.2, 0.25) is 0 Å². The highest BCUT2D eigenvalue weighted by Crippen LogP contribution is 2.18. The van der Waals surface area contributed by atoms with Gasteiger partial charge in [-0.3, -0.25) is 24.0 Å². The van der Waals surface area contributed by atoms with E-state index >= 15 is 0 Å². The number of likely N-dealkylation sites (N-methyl/N-ethyl adjacent to an activating group) is 3. The Hall–Kier alpha value is -2.69. The molecule has 0 bridgehead atoms. The Morgan fingerprint density at radius 3 is 1.29 bits per heavy atom. The zero-order valence-electron chi connectivity index (χ0n) is 30.7. The maximum absolute atomic E-state index is 13.8. The van der Waals surface area contributed by atoms with Crippen LogP contribution in [0.1, 0.15) is 102 Å². The second kappa shape index (κ2) is 20.4. The number of rotatable bonds is 20. The summed E-state index contributed by atoms with van der Waals surface area (Å²) in [7, 11) is 4.87. The minimum absolute atomic E-state index is 0.0145. The average Bonchev–Trinajstić information content (AvgIpc) is 2.93. The van der Waals surface area contributed by atoms with Gasteiger partial charge in [0.2, 0.25) is 29.5 Å². The Bertz CT molecular complexity index is 951. The highest BCUT2D eigenvalue weighted by atomic mass is 16.2. The molecule has 0 heterocycles. The molecule has 0 aromatic rings. The molecular weight excluding hydrogens is 572 g/mol. The molecule has 0 unspecified atom stereocenters. The predicted octanol–water partition coefficient (Wildman–Crippen LogP) is 3.17. The molecule has 0 aromatic carbocycles. The van der Waals surface area contributed by atoms with E-state index < -0.39 is 36.1 Å². The summed E-state index contributed by atoms with van der Waals surface area (Å²) in [5, 5.41) is 11.8. The largest absolute Gasteiger partial charge is 0.354 e. The van der Waals surface area contributed by atoms with Crippen molar-refractivity contribution >= 4 is 29.5 Å². The molecule has 0 rings (SSSR count). The monoisotopic (exact) mass is 639 g/mol. The van der Waals surface area contributed by atoms with Gasteiger partial charge in [0.05, 0.1) is 6.04 Å². The van der Waals surface area contributed by atoms with E-state index in [0.717, 1.165) is 25.7 Å². The molecule has 0 aliphatic heterocycles. The fourth-order valence-electron chi connectivity index (χ4n) is 5.71. The van der Waals surface area contributed by atoms with Crippen LogP contribution in [0.25, 0.3) is 0 Å². The summed E-state index contributed by atoms with van der Waals surface area (Å²) in [5.74, 6) is -2.63. The lowest BCUT2D eigenvalue weighted by Crippen LogP contribution is -2.62. The van der Waals surface area contributed by atoms with E-state index in [4.69, 9.17) is 0 Å². The van der Waals surface area contributed by atoms with Crippen molar-refractivity contribution in [2.75, 3.05) is 27.7 Å². The summed E-state index contributed by atoms with van der Waals surface area (Å²) in [6.45, 7) is 21.4. The van der Waals surface area contributed by atoms with Gasteiger partial charge in [0.25, 0.3) is 0 Å². The Labute approximate surface area is 273 Å². The molecule has 11 heteroatoms. The lowest BCUT2D eigenvalue weighted by molar-refractivity contribution is -0.147. The van der Waals surface area contributed by atoms with Crippen LogP contribution in [-0.2, 0) is 24.0 Å². The number of carbonyl (C=O) groups is 5. The molecule has 4 N–H and O–H groups in total. The molecule has 45 heavy (non-hydrogen) atoms. The Balaban J connectivity index is 6.00. The Kier molecular flexibility index (Phi) is 19.2. The molecule has 0 radical (unpaired) electrons. The van der Waals surface area contributed by atoms with Crippen molar-refractivity contribution in [3.63, 3.8) is 0 Å². The number of amides is 5. The van der Waals surface area contributed by atoms with E-state index in [1.165, 1.54) is 9.80 Å². The third-order valence-corrected chi connectivity index (χ3v) is 8.38. The summed E-state index contributed by atoms with van der Waals surface area (Å²) < 4.78 is 0. The molecule has 262 valence electrons. The van der Waals surface area contributed by atoms with Crippen molar-refractivity contribution in [1.29, 1.82) is 0 Å². The third-order valence-electron chi connectivity index (χ3n) is 8.38. The van der Waals surface area contributed by atoms with Gasteiger partial charge in [-0.1, -0.05) is 95.4 Å². The second-order valence-electron chi connectivity index (χ2n) is 14.1. The fourth-order valence-corrected chi connectivity index (χ4v) is 5.71. The summed E-state index contributed by atoms with van der Waals surface area (Å²) in [4.78, 5) is 70.5. The van der Waals surface area contributed by atoms with Crippen LogP contribution in [0.4, 0.5) is 0 Å². The lowest BCUT2D eigenvalue weighted by Gasteiger charge is -2.37. The van der Waals surface area contributed by atoms with Gasteiger partial charge in [-0.25, -0.2) is 0 Å². The summed E-state index contributed by atoms with van der Waals surface area (Å²) in [6, 6.07) is -3.82. The molecule has 0 aromatic heterocycles. The standard InChI is InChI=1S/C34H66N6O5/c1-15-16-17-18-19-36-31(42)28(23(8)9)39(13)34(45)27(22(6)7)38-32(43)29(24(10)11)40(14)33(44)26(21(4)5)37-30(41)25(35-12)20(2)3/h20-29,35H,15-19H2,1-14H3,(H,36,42)(H,37,41)(H,38,43)/t25-,26-,27-,28-,29-/m0/s1. The van der Waals surface area contributed by atoms with Crippen LogP contribution >= 0.6 is 0 Å². The van der Waals surface area contributed by atoms with Crippen molar-refractivity contribution < 1.29 is 24.0 Å². The summed E-state index contributed by atoms with van der Waals surface area (Å²) >= 11 is 0. The van der Waals surface area contributed by atoms with E-state index in [1.54, 1.807) is 21.1 Å². The molecule has 11 nitrogen and oxygen atoms in total. The molecule has 0 spiro atoms. The SMILES string of the molecule is CCCCCCNC(=O)[C@H](C(C)C)N(C)C(=O)[C@@H](NC(=O)[C@H](C(C)C)N(C)C(=O)[C@@H](NC(=O)[C@@H](NC)C(C)C)C(C)C)C(C)C. The number of unbranched alkanes of at least 4 members (excludes halogenated alkanes) is 3. The van der Waals surface area contributed by atoms with Gasteiger partial charge in [-0.05, 0) is 43.1 Å². The number of nitrogens with zero attached hydrogens (tertiary/aromatic N) is 2. The highest BCUT2D eigenvalue weighted by molar-refractivity contribution is 5.96. The third kappa shape index (κ3) is 12.9. The van der Waals surface area contributed by atoms with Gasteiger partial charge in [-0.15, -0.1) is 0 Å². The second-order valence-corrected chi connectivity index (χ2v) is 14.1. The van der Waals surface area contributed by atoms with Gasteiger partial charge >= 0.3 is 0 Å². The van der Waals surface area contributed by atoms with E-state index in [9.17, 15) is 24.0 Å². The smallest absolute Gasteiger partial charge is 0.245 e. The minimum atomic E-state index is -0.908. The lowest BCUT2D eigenvalue weighted by atomic mass is 9.95. The van der Waals surface area contributed by atoms with E-state index in [0.29, 0.717) is 6.54 Å². The molecule has 5 amide bonds. The summed E-state index contributed by atoms with van der Waals surface area (Å²) in [6.07, 6.45) is 4.13. The zero-order chi connectivity index (χ0) is 35.2. The van der Waals surface area contributed by atoms with Crippen LogP contribution in [0.15, 0.2) is 0 Å². The van der Waals surface area contributed by atoms with Crippen LogP contribution in [0, 0.1) is 29.6 Å². The van der Waals surface area contributed by atoms with Gasteiger partial charge in [0.15, 0.2) is 0 Å². The molecule has 0 saturated heterocycles. The van der Waals surface area contributed by atoms with Gasteiger partial charge in [-0.2, -0.15) is 0 Å². The Morgan fingerprint density at radius 2 is 0.933 bits per heavy atom. The first kappa shape index (κ1) is 42.3. The molecule has 0 aliphatic carbocycles. The zero-order valence-corrected chi connectivity index (χ0v) is 30.7. The summed E-state index contributed by atoms with van der Waals surface area (Å²) in [5.41, 5.74) is 0. The number of hydrogen-bond donors (Lipinski definition) is 4. The highest BCUT2D eigenvalue weighted by Gasteiger charge is 2.40. The minimum Gasteiger partial charge on any atom is -0.354 e. The van der Waals surface area contributed by atoms with Gasteiger partial charge in [0.1, 0.15) is 24.2 Å². The fraction of sp³-hybridized carbons (Fsp3) is 0.853. The molecule has 0 aliphatic rings. The predicted molar refractivity (Wildman–Crippen MR) is 181 cm³/mol. The van der Waals surface area contributed by atoms with Gasteiger partial charge < -0.3 is 31.1 Å². The number of hydrogen-bond acceptors (Lipinski definition) is 6. The van der Waals surface area contributed by atoms with Crippen LogP contribution in [-0.4, -0.2) is 97.2 Å². The molecule has 5 atom stereocenters. The van der Waals surface area contributed by atoms with E-state index in [-0.39, 0.29) is 53.2 Å².